The molecule has 0 spiro atoms. The molecule has 114 valence electrons. The van der Waals surface area contributed by atoms with Crippen molar-refractivity contribution in [2.24, 2.45) is 5.84 Å². The van der Waals surface area contributed by atoms with Crippen LogP contribution in [0.3, 0.4) is 0 Å². The summed E-state index contributed by atoms with van der Waals surface area (Å²) in [5.74, 6) is 5.88. The Bertz CT molecular complexity index is 422. The van der Waals surface area contributed by atoms with Crippen LogP contribution in [0.25, 0.3) is 0 Å². The Morgan fingerprint density at radius 3 is 2.70 bits per heavy atom. The van der Waals surface area contributed by atoms with Gasteiger partial charge in [0.05, 0.1) is 17.0 Å². The summed E-state index contributed by atoms with van der Waals surface area (Å²) < 4.78 is 6.65. The van der Waals surface area contributed by atoms with E-state index in [2.05, 4.69) is 52.2 Å². The second kappa shape index (κ2) is 7.33. The molecule has 0 aliphatic carbocycles. The SMILES string of the molecule is CCC(C)(C(Cc1ccc(Br)s1)NN)N1CCOCC1. The zero-order chi connectivity index (χ0) is 14.6. The van der Waals surface area contributed by atoms with Gasteiger partial charge in [0.1, 0.15) is 0 Å². The van der Waals surface area contributed by atoms with E-state index >= 15 is 0 Å². The van der Waals surface area contributed by atoms with Gasteiger partial charge in [0, 0.05) is 36.0 Å². The van der Waals surface area contributed by atoms with E-state index in [1.807, 2.05) is 0 Å². The predicted octanol–water partition coefficient (Wildman–Crippen LogP) is 2.39. The highest BCUT2D eigenvalue weighted by Gasteiger charge is 2.38. The molecule has 1 aromatic heterocycles. The summed E-state index contributed by atoms with van der Waals surface area (Å²) in [5, 5.41) is 0. The zero-order valence-corrected chi connectivity index (χ0v) is 14.6. The van der Waals surface area contributed by atoms with E-state index in [-0.39, 0.29) is 11.6 Å². The van der Waals surface area contributed by atoms with Crippen molar-refractivity contribution in [2.45, 2.75) is 38.3 Å². The molecule has 2 unspecified atom stereocenters. The summed E-state index contributed by atoms with van der Waals surface area (Å²) >= 11 is 5.31. The number of rotatable bonds is 6. The van der Waals surface area contributed by atoms with E-state index in [1.165, 1.54) is 8.66 Å². The quantitative estimate of drug-likeness (QED) is 0.603. The molecule has 2 heterocycles. The Hall–Kier alpha value is 0.0200. The second-order valence-corrected chi connectivity index (χ2v) is 7.99. The molecule has 20 heavy (non-hydrogen) atoms. The lowest BCUT2D eigenvalue weighted by molar-refractivity contribution is -0.0321. The number of nitrogens with two attached hydrogens (primary N) is 1. The highest BCUT2D eigenvalue weighted by atomic mass is 79.9. The van der Waals surface area contributed by atoms with Crippen LogP contribution in [-0.2, 0) is 11.2 Å². The lowest BCUT2D eigenvalue weighted by atomic mass is 9.85. The smallest absolute Gasteiger partial charge is 0.0701 e. The van der Waals surface area contributed by atoms with E-state index in [0.29, 0.717) is 0 Å². The van der Waals surface area contributed by atoms with Crippen LogP contribution in [0.1, 0.15) is 25.1 Å². The first-order valence-electron chi connectivity index (χ1n) is 7.13. The highest BCUT2D eigenvalue weighted by Crippen LogP contribution is 2.30. The topological polar surface area (TPSA) is 50.5 Å². The van der Waals surface area contributed by atoms with Gasteiger partial charge in [-0.25, -0.2) is 0 Å². The number of ether oxygens (including phenoxy) is 1. The molecule has 0 saturated carbocycles. The lowest BCUT2D eigenvalue weighted by Crippen LogP contribution is -2.63. The molecule has 1 fully saturated rings. The third kappa shape index (κ3) is 3.61. The monoisotopic (exact) mass is 361 g/mol. The predicted molar refractivity (Wildman–Crippen MR) is 87.9 cm³/mol. The Morgan fingerprint density at radius 2 is 2.20 bits per heavy atom. The van der Waals surface area contributed by atoms with Gasteiger partial charge < -0.3 is 4.74 Å². The number of nitrogens with zero attached hydrogens (tertiary/aromatic N) is 1. The van der Waals surface area contributed by atoms with Gasteiger partial charge in [-0.2, -0.15) is 0 Å². The molecule has 3 N–H and O–H groups in total. The van der Waals surface area contributed by atoms with Crippen LogP contribution in [0.15, 0.2) is 15.9 Å². The summed E-state index contributed by atoms with van der Waals surface area (Å²) in [5.41, 5.74) is 3.11. The van der Waals surface area contributed by atoms with Crippen molar-refractivity contribution in [3.8, 4) is 0 Å². The number of hydrogen-bond donors (Lipinski definition) is 2. The van der Waals surface area contributed by atoms with Gasteiger partial charge in [-0.1, -0.05) is 6.92 Å². The van der Waals surface area contributed by atoms with Crippen LogP contribution in [0.2, 0.25) is 0 Å². The number of nitrogens with one attached hydrogen (secondary N) is 1. The molecule has 2 rings (SSSR count). The third-order valence-corrected chi connectivity index (χ3v) is 6.08. The molecule has 1 aliphatic rings. The molecule has 1 aliphatic heterocycles. The van der Waals surface area contributed by atoms with Gasteiger partial charge in [0.25, 0.3) is 0 Å². The molecular formula is C14H24BrN3OS. The molecule has 4 nitrogen and oxygen atoms in total. The second-order valence-electron chi connectivity index (χ2n) is 5.44. The standard InChI is InChI=1S/C14H24BrN3OS/c1-3-14(2,18-6-8-19-9-7-18)12(17-16)10-11-4-5-13(15)20-11/h4-5,12,17H,3,6-10,16H2,1-2H3. The maximum Gasteiger partial charge on any atom is 0.0701 e. The third-order valence-electron chi connectivity index (χ3n) is 4.44. The summed E-state index contributed by atoms with van der Waals surface area (Å²) in [7, 11) is 0. The van der Waals surface area contributed by atoms with Gasteiger partial charge in [0.2, 0.25) is 0 Å². The van der Waals surface area contributed by atoms with Gasteiger partial charge in [-0.3, -0.25) is 16.2 Å². The van der Waals surface area contributed by atoms with Crippen molar-refractivity contribution >= 4 is 27.3 Å². The number of hydrazine groups is 1. The molecular weight excluding hydrogens is 338 g/mol. The fraction of sp³-hybridized carbons (Fsp3) is 0.714. The molecule has 1 saturated heterocycles. The molecule has 1 aromatic rings. The van der Waals surface area contributed by atoms with E-state index in [4.69, 9.17) is 10.6 Å². The summed E-state index contributed by atoms with van der Waals surface area (Å²) in [4.78, 5) is 3.87. The minimum absolute atomic E-state index is 0.0506. The Kier molecular flexibility index (Phi) is 6.01. The van der Waals surface area contributed by atoms with Crippen molar-refractivity contribution in [1.82, 2.24) is 10.3 Å². The Balaban J connectivity index is 2.12. The maximum absolute atomic E-state index is 5.88. The summed E-state index contributed by atoms with van der Waals surface area (Å²) in [6.07, 6.45) is 2.02. The van der Waals surface area contributed by atoms with E-state index in [1.54, 1.807) is 11.3 Å². The fourth-order valence-corrected chi connectivity index (χ4v) is 4.41. The Labute approximate surface area is 133 Å². The first kappa shape index (κ1) is 16.4. The van der Waals surface area contributed by atoms with Gasteiger partial charge >= 0.3 is 0 Å². The van der Waals surface area contributed by atoms with E-state index < -0.39 is 0 Å². The van der Waals surface area contributed by atoms with Gasteiger partial charge in [0.15, 0.2) is 0 Å². The fourth-order valence-electron chi connectivity index (χ4n) is 2.89. The number of halogens is 1. The average Bonchev–Trinajstić information content (AvgIpc) is 2.90. The van der Waals surface area contributed by atoms with Crippen LogP contribution >= 0.6 is 27.3 Å². The van der Waals surface area contributed by atoms with Crippen molar-refractivity contribution in [3.63, 3.8) is 0 Å². The molecule has 0 radical (unpaired) electrons. The molecule has 0 amide bonds. The van der Waals surface area contributed by atoms with Crippen LogP contribution in [0, 0.1) is 0 Å². The van der Waals surface area contributed by atoms with Crippen LogP contribution in [0.5, 0.6) is 0 Å². The van der Waals surface area contributed by atoms with Crippen molar-refractivity contribution in [3.05, 3.63) is 20.8 Å². The highest BCUT2D eigenvalue weighted by molar-refractivity contribution is 9.11. The number of hydrogen-bond acceptors (Lipinski definition) is 5. The van der Waals surface area contributed by atoms with E-state index in [0.717, 1.165) is 39.1 Å². The molecule has 6 heteroatoms. The van der Waals surface area contributed by atoms with Crippen LogP contribution in [0.4, 0.5) is 0 Å². The van der Waals surface area contributed by atoms with Gasteiger partial charge in [-0.15, -0.1) is 11.3 Å². The Morgan fingerprint density at radius 1 is 1.50 bits per heavy atom. The summed E-state index contributed by atoms with van der Waals surface area (Å²) in [6, 6.07) is 4.51. The molecule has 0 bridgehead atoms. The van der Waals surface area contributed by atoms with E-state index in [9.17, 15) is 0 Å². The minimum Gasteiger partial charge on any atom is -0.379 e. The molecule has 0 aromatic carbocycles. The number of thiophene rings is 1. The largest absolute Gasteiger partial charge is 0.379 e. The summed E-state index contributed by atoms with van der Waals surface area (Å²) in [6.45, 7) is 8.15. The lowest BCUT2D eigenvalue weighted by Gasteiger charge is -2.47. The van der Waals surface area contributed by atoms with Crippen molar-refractivity contribution < 1.29 is 4.74 Å². The first-order valence-corrected chi connectivity index (χ1v) is 8.74. The van der Waals surface area contributed by atoms with Crippen molar-refractivity contribution in [1.29, 1.82) is 0 Å². The van der Waals surface area contributed by atoms with Crippen LogP contribution in [-0.4, -0.2) is 42.8 Å². The molecule has 2 atom stereocenters. The first-order chi connectivity index (χ1) is 9.60. The zero-order valence-electron chi connectivity index (χ0n) is 12.2. The van der Waals surface area contributed by atoms with Gasteiger partial charge in [-0.05, 0) is 41.4 Å². The van der Waals surface area contributed by atoms with Crippen molar-refractivity contribution in [2.75, 3.05) is 26.3 Å². The maximum atomic E-state index is 5.88. The number of morpholine rings is 1. The minimum atomic E-state index is 0.0506. The normalized spacial score (nSPS) is 21.6. The average molecular weight is 362 g/mol. The van der Waals surface area contributed by atoms with Crippen LogP contribution < -0.4 is 11.3 Å².